The third kappa shape index (κ3) is 15.8. The number of hydrogen-bond donors (Lipinski definition) is 1. The molecule has 3 nitrogen and oxygen atoms in total. The molecule has 1 atom stereocenters. The van der Waals surface area contributed by atoms with Gasteiger partial charge in [0.05, 0.1) is 7.11 Å². The Morgan fingerprint density at radius 1 is 1.00 bits per heavy atom. The molecule has 0 aromatic rings. The Morgan fingerprint density at radius 3 is 2.35 bits per heavy atom. The third-order valence-corrected chi connectivity index (χ3v) is 4.30. The van der Waals surface area contributed by atoms with Crippen LogP contribution in [0.1, 0.15) is 90.4 Å². The lowest BCUT2D eigenvalue weighted by Gasteiger charge is -2.09. The van der Waals surface area contributed by atoms with E-state index in [0.29, 0.717) is 12.3 Å². The number of hydrogen-bond acceptors (Lipinski definition) is 3. The van der Waals surface area contributed by atoms with Crippen LogP contribution in [0.4, 0.5) is 0 Å². The van der Waals surface area contributed by atoms with Gasteiger partial charge in [0.1, 0.15) is 0 Å². The Hall–Kier alpha value is -0.830. The number of methoxy groups -OCH3 is 1. The highest BCUT2D eigenvalue weighted by molar-refractivity contribution is 5.68. The van der Waals surface area contributed by atoms with Gasteiger partial charge in [-0.2, -0.15) is 0 Å². The Labute approximate surface area is 143 Å². The maximum Gasteiger partial charge on any atom is 0.305 e. The van der Waals surface area contributed by atoms with Crippen molar-refractivity contribution < 1.29 is 14.6 Å². The first kappa shape index (κ1) is 22.2. The Kier molecular flexibility index (Phi) is 16.9. The summed E-state index contributed by atoms with van der Waals surface area (Å²) in [5.74, 6) is 0.214. The number of aliphatic hydroxyl groups is 1. The molecule has 0 spiro atoms. The van der Waals surface area contributed by atoms with E-state index in [4.69, 9.17) is 0 Å². The molecule has 0 aliphatic carbocycles. The molecule has 3 heteroatoms. The van der Waals surface area contributed by atoms with Crippen LogP contribution in [0, 0.1) is 5.92 Å². The summed E-state index contributed by atoms with van der Waals surface area (Å²) in [5, 5.41) is 9.43. The zero-order valence-corrected chi connectivity index (χ0v) is 15.4. The van der Waals surface area contributed by atoms with Crippen molar-refractivity contribution in [1.29, 1.82) is 0 Å². The van der Waals surface area contributed by atoms with Crippen molar-refractivity contribution in [1.82, 2.24) is 0 Å². The number of ether oxygens (including phenoxy) is 1. The second-order valence-electron chi connectivity index (χ2n) is 6.46. The topological polar surface area (TPSA) is 46.5 Å². The van der Waals surface area contributed by atoms with Gasteiger partial charge in [0.25, 0.3) is 0 Å². The van der Waals surface area contributed by atoms with Gasteiger partial charge >= 0.3 is 5.97 Å². The number of aliphatic hydroxyl groups excluding tert-OH is 1. The molecule has 136 valence electrons. The average molecular weight is 327 g/mol. The highest BCUT2D eigenvalue weighted by Crippen LogP contribution is 2.14. The van der Waals surface area contributed by atoms with Crippen LogP contribution in [0.15, 0.2) is 12.2 Å². The molecule has 0 saturated carbocycles. The predicted octanol–water partition coefficient (Wildman–Crippen LogP) is 5.42. The normalized spacial score (nSPS) is 12.7. The number of unbranched alkanes of at least 4 members (excludes halogenated alkanes) is 9. The molecule has 1 N–H and O–H groups in total. The zero-order valence-electron chi connectivity index (χ0n) is 15.4. The maximum atomic E-state index is 11.0. The lowest BCUT2D eigenvalue weighted by atomic mass is 9.99. The number of carbonyl (C=O) groups excluding carboxylic acids is 1. The summed E-state index contributed by atoms with van der Waals surface area (Å²) in [6.07, 6.45) is 19.3. The highest BCUT2D eigenvalue weighted by Gasteiger charge is 2.03. The van der Waals surface area contributed by atoms with Crippen molar-refractivity contribution in [3.63, 3.8) is 0 Å². The molecular weight excluding hydrogens is 288 g/mol. The summed E-state index contributed by atoms with van der Waals surface area (Å²) in [4.78, 5) is 11.0. The van der Waals surface area contributed by atoms with E-state index < -0.39 is 0 Å². The van der Waals surface area contributed by atoms with Crippen LogP contribution in [-0.4, -0.2) is 24.8 Å². The second-order valence-corrected chi connectivity index (χ2v) is 6.46. The first-order valence-electron chi connectivity index (χ1n) is 9.58. The standard InChI is InChI=1S/C20H38O3/c1-3-4-5-6-7-9-12-15-19(18-21)16-13-10-8-11-14-17-20(22)23-2/h12,15,19,21H,3-11,13-14,16-18H2,1-2H3/b15-12+. The lowest BCUT2D eigenvalue weighted by Crippen LogP contribution is -2.02. The number of carbonyl (C=O) groups is 1. The minimum atomic E-state index is -0.106. The van der Waals surface area contributed by atoms with E-state index in [2.05, 4.69) is 23.8 Å². The highest BCUT2D eigenvalue weighted by atomic mass is 16.5. The van der Waals surface area contributed by atoms with Crippen LogP contribution in [0.25, 0.3) is 0 Å². The first-order chi connectivity index (χ1) is 11.2. The molecule has 0 aromatic carbocycles. The van der Waals surface area contributed by atoms with Gasteiger partial charge in [-0.3, -0.25) is 4.79 Å². The lowest BCUT2D eigenvalue weighted by molar-refractivity contribution is -0.140. The van der Waals surface area contributed by atoms with Gasteiger partial charge in [-0.15, -0.1) is 0 Å². The van der Waals surface area contributed by atoms with Crippen molar-refractivity contribution in [2.45, 2.75) is 90.4 Å². The largest absolute Gasteiger partial charge is 0.469 e. The molecular formula is C20H38O3. The van der Waals surface area contributed by atoms with Crippen LogP contribution < -0.4 is 0 Å². The predicted molar refractivity (Wildman–Crippen MR) is 97.4 cm³/mol. The van der Waals surface area contributed by atoms with Gasteiger partial charge in [0.2, 0.25) is 0 Å². The van der Waals surface area contributed by atoms with Crippen LogP contribution in [0.5, 0.6) is 0 Å². The fourth-order valence-corrected chi connectivity index (χ4v) is 2.71. The van der Waals surface area contributed by atoms with Crippen LogP contribution in [0.2, 0.25) is 0 Å². The van der Waals surface area contributed by atoms with Crippen molar-refractivity contribution >= 4 is 5.97 Å². The van der Waals surface area contributed by atoms with E-state index in [1.165, 1.54) is 45.6 Å². The fourth-order valence-electron chi connectivity index (χ4n) is 2.71. The van der Waals surface area contributed by atoms with E-state index in [0.717, 1.165) is 38.5 Å². The van der Waals surface area contributed by atoms with Crippen LogP contribution in [0.3, 0.4) is 0 Å². The molecule has 1 unspecified atom stereocenters. The summed E-state index contributed by atoms with van der Waals surface area (Å²) in [5.41, 5.74) is 0. The summed E-state index contributed by atoms with van der Waals surface area (Å²) in [6, 6.07) is 0. The van der Waals surface area contributed by atoms with Crippen molar-refractivity contribution in [2.75, 3.05) is 13.7 Å². The van der Waals surface area contributed by atoms with E-state index in [9.17, 15) is 9.90 Å². The first-order valence-corrected chi connectivity index (χ1v) is 9.58. The summed E-state index contributed by atoms with van der Waals surface area (Å²) < 4.78 is 4.62. The molecule has 0 aromatic heterocycles. The van der Waals surface area contributed by atoms with E-state index in [1.807, 2.05) is 0 Å². The van der Waals surface area contributed by atoms with Gasteiger partial charge in [0, 0.05) is 13.0 Å². The quantitative estimate of drug-likeness (QED) is 0.234. The van der Waals surface area contributed by atoms with Crippen molar-refractivity contribution in [3.8, 4) is 0 Å². The van der Waals surface area contributed by atoms with Crippen molar-refractivity contribution in [3.05, 3.63) is 12.2 Å². The van der Waals surface area contributed by atoms with Gasteiger partial charge in [-0.05, 0) is 31.6 Å². The monoisotopic (exact) mass is 326 g/mol. The van der Waals surface area contributed by atoms with Crippen LogP contribution in [-0.2, 0) is 9.53 Å². The van der Waals surface area contributed by atoms with E-state index >= 15 is 0 Å². The molecule has 0 radical (unpaired) electrons. The van der Waals surface area contributed by atoms with Crippen LogP contribution >= 0.6 is 0 Å². The number of rotatable bonds is 16. The van der Waals surface area contributed by atoms with E-state index in [-0.39, 0.29) is 12.6 Å². The minimum Gasteiger partial charge on any atom is -0.469 e. The Balaban J connectivity index is 3.49. The van der Waals surface area contributed by atoms with Gasteiger partial charge < -0.3 is 9.84 Å². The fraction of sp³-hybridized carbons (Fsp3) is 0.850. The SMILES string of the molecule is CCCCCCC/C=C/C(CO)CCCCCCCC(=O)OC. The number of esters is 1. The number of allylic oxidation sites excluding steroid dienone is 1. The summed E-state index contributed by atoms with van der Waals surface area (Å²) in [6.45, 7) is 2.50. The molecule has 23 heavy (non-hydrogen) atoms. The van der Waals surface area contributed by atoms with Gasteiger partial charge in [-0.1, -0.05) is 70.4 Å². The average Bonchev–Trinajstić information content (AvgIpc) is 2.57. The van der Waals surface area contributed by atoms with Crippen molar-refractivity contribution in [2.24, 2.45) is 5.92 Å². The van der Waals surface area contributed by atoms with E-state index in [1.54, 1.807) is 0 Å². The summed E-state index contributed by atoms with van der Waals surface area (Å²) in [7, 11) is 1.44. The minimum absolute atomic E-state index is 0.106. The van der Waals surface area contributed by atoms with Gasteiger partial charge in [0.15, 0.2) is 0 Å². The second kappa shape index (κ2) is 17.5. The third-order valence-electron chi connectivity index (χ3n) is 4.30. The molecule has 0 heterocycles. The molecule has 0 rings (SSSR count). The zero-order chi connectivity index (χ0) is 17.2. The van der Waals surface area contributed by atoms with Gasteiger partial charge in [-0.25, -0.2) is 0 Å². The summed E-state index contributed by atoms with van der Waals surface area (Å²) >= 11 is 0. The Morgan fingerprint density at radius 2 is 1.65 bits per heavy atom. The molecule has 0 bridgehead atoms. The molecule has 0 amide bonds. The molecule has 0 aliphatic heterocycles. The molecule has 0 fully saturated rings. The Bertz CT molecular complexity index is 287. The molecule has 0 saturated heterocycles. The maximum absolute atomic E-state index is 11.0. The molecule has 0 aliphatic rings. The smallest absolute Gasteiger partial charge is 0.305 e.